The molecular formula is C44H62N16O8S2. The maximum Gasteiger partial charge on any atom is 0.330 e. The second-order valence-electron chi connectivity index (χ2n) is 19.7. The lowest BCUT2D eigenvalue weighted by molar-refractivity contribution is -0.0693. The largest absolute Gasteiger partial charge is 0.391 e. The second kappa shape index (κ2) is 18.9. The van der Waals surface area contributed by atoms with Crippen LogP contribution in [-0.4, -0.2) is 145 Å². The molecule has 378 valence electrons. The molecule has 8 heterocycles. The van der Waals surface area contributed by atoms with Crippen molar-refractivity contribution in [3.63, 3.8) is 0 Å². The van der Waals surface area contributed by atoms with E-state index >= 15 is 0 Å². The molecule has 2 aliphatic heterocycles. The van der Waals surface area contributed by atoms with Gasteiger partial charge in [-0.15, -0.1) is 0 Å². The summed E-state index contributed by atoms with van der Waals surface area (Å²) < 4.78 is 71.6. The highest BCUT2D eigenvalue weighted by molar-refractivity contribution is 7.89. The Bertz CT molecular complexity index is 3230. The summed E-state index contributed by atoms with van der Waals surface area (Å²) in [6.07, 6.45) is 16.2. The lowest BCUT2D eigenvalue weighted by atomic mass is 10.0. The predicted molar refractivity (Wildman–Crippen MR) is 257 cm³/mol. The van der Waals surface area contributed by atoms with Crippen LogP contribution in [-0.2, 0) is 52.5 Å². The number of ether oxygens (including phenoxy) is 1. The molecule has 70 heavy (non-hydrogen) atoms. The third-order valence-electron chi connectivity index (χ3n) is 14.8. The number of hydrogen-bond acceptors (Lipinski definition) is 16. The van der Waals surface area contributed by atoms with Crippen LogP contribution in [0.2, 0.25) is 0 Å². The average molecular weight is 1010 g/mol. The number of nitrogens with one attached hydrogen (secondary N) is 2. The smallest absolute Gasteiger partial charge is 0.330 e. The van der Waals surface area contributed by atoms with Gasteiger partial charge < -0.3 is 20.5 Å². The number of aliphatic hydroxyl groups excluding tert-OH is 1. The lowest BCUT2D eigenvalue weighted by Crippen LogP contribution is -2.42. The molecule has 26 heteroatoms. The minimum Gasteiger partial charge on any atom is -0.391 e. The third-order valence-corrected chi connectivity index (χ3v) is 18.5. The number of aromatic nitrogens is 12. The van der Waals surface area contributed by atoms with Gasteiger partial charge in [-0.1, -0.05) is 12.8 Å². The first-order valence-corrected chi connectivity index (χ1v) is 27.1. The van der Waals surface area contributed by atoms with E-state index in [1.54, 1.807) is 51.8 Å². The van der Waals surface area contributed by atoms with Crippen molar-refractivity contribution in [2.75, 3.05) is 43.4 Å². The highest BCUT2D eigenvalue weighted by Crippen LogP contribution is 2.41. The average Bonchev–Trinajstić information content (AvgIpc) is 4.22. The molecule has 2 aliphatic carbocycles. The molecule has 10 rings (SSSR count). The van der Waals surface area contributed by atoms with Gasteiger partial charge in [0.25, 0.3) is 0 Å². The zero-order valence-corrected chi connectivity index (χ0v) is 41.6. The van der Waals surface area contributed by atoms with Crippen molar-refractivity contribution in [1.82, 2.24) is 66.4 Å². The summed E-state index contributed by atoms with van der Waals surface area (Å²) in [5.74, 6) is 0.739. The summed E-state index contributed by atoms with van der Waals surface area (Å²) in [6, 6.07) is -0.350. The van der Waals surface area contributed by atoms with E-state index < -0.39 is 31.8 Å². The van der Waals surface area contributed by atoms with E-state index in [1.807, 2.05) is 6.92 Å². The maximum absolute atomic E-state index is 14.1. The Morgan fingerprint density at radius 2 is 1.23 bits per heavy atom. The number of aryl methyl sites for hydroxylation is 4. The molecule has 24 nitrogen and oxygen atoms in total. The number of aliphatic hydroxyl groups is 1. The maximum atomic E-state index is 14.1. The summed E-state index contributed by atoms with van der Waals surface area (Å²) in [5, 5.41) is 26.1. The standard InChI is InChI=1S/C44H62N16O8S2/c1-44(15-9-32(21-44)60-38-36(55(4)42(60)62)24-45-40(51-38)49-29-10-16-56(17-11-29)69(64,65)34-22-47-53(2)26-34)68-28-33(61)14-20-58-37-25-46-41(52-39(37)59(43(58)63)31-7-5-6-8-31)50-30-12-18-57(19-13-30)70(66,67)35-23-48-54(3)27-35/h22-27,29-33,61H,5-21,28H2,1-4H3,(H,45,49,51)(H,46,50,52). The molecule has 6 aromatic rings. The van der Waals surface area contributed by atoms with Crippen LogP contribution in [0.1, 0.15) is 96.1 Å². The van der Waals surface area contributed by atoms with Crippen molar-refractivity contribution >= 4 is 54.3 Å². The van der Waals surface area contributed by atoms with Gasteiger partial charge in [-0.2, -0.15) is 28.8 Å². The monoisotopic (exact) mass is 1010 g/mol. The topological polar surface area (TPSA) is 269 Å². The molecule has 3 atom stereocenters. The van der Waals surface area contributed by atoms with Gasteiger partial charge in [-0.3, -0.25) is 27.6 Å². The van der Waals surface area contributed by atoms with Gasteiger partial charge in [-0.05, 0) is 71.1 Å². The summed E-state index contributed by atoms with van der Waals surface area (Å²) in [4.78, 5) is 47.1. The Balaban J connectivity index is 0.758. The normalized spacial score (nSPS) is 22.2. The van der Waals surface area contributed by atoms with Crippen LogP contribution in [0.25, 0.3) is 22.3 Å². The Hall–Kier alpha value is -5.54. The summed E-state index contributed by atoms with van der Waals surface area (Å²) in [7, 11) is -2.23. The van der Waals surface area contributed by atoms with E-state index in [2.05, 4.69) is 30.8 Å². The quantitative estimate of drug-likeness (QED) is 0.125. The number of piperidine rings is 2. The van der Waals surface area contributed by atoms with E-state index in [-0.39, 0.29) is 64.9 Å². The SMILES string of the molecule is Cn1cc(S(=O)(=O)N2CCC(Nc3ncc4c(n3)n(C3CCC(C)(OCC(O)CCn5c(=O)n(C6CCCC6)c6nc(NC7CCN(S(=O)(=O)c8cnn(C)c8)CC7)ncc65)C3)c(=O)n4C)CC2)cn1. The van der Waals surface area contributed by atoms with Gasteiger partial charge >= 0.3 is 11.4 Å². The third kappa shape index (κ3) is 9.28. The number of sulfonamides is 2. The molecule has 6 aromatic heterocycles. The van der Waals surface area contributed by atoms with Gasteiger partial charge in [0, 0.05) is 90.4 Å². The molecule has 3 unspecified atom stereocenters. The van der Waals surface area contributed by atoms with Crippen LogP contribution >= 0.6 is 0 Å². The van der Waals surface area contributed by atoms with Gasteiger partial charge in [0.2, 0.25) is 31.9 Å². The van der Waals surface area contributed by atoms with Gasteiger partial charge in [0.05, 0.1) is 43.1 Å². The van der Waals surface area contributed by atoms with E-state index in [0.29, 0.717) is 105 Å². The molecular weight excluding hydrogens is 945 g/mol. The van der Waals surface area contributed by atoms with Crippen molar-refractivity contribution in [3.05, 3.63) is 58.1 Å². The van der Waals surface area contributed by atoms with Crippen LogP contribution in [0.4, 0.5) is 11.9 Å². The zero-order valence-electron chi connectivity index (χ0n) is 40.0. The minimum absolute atomic E-state index is 0.00201. The fourth-order valence-electron chi connectivity index (χ4n) is 10.8. The Labute approximate surface area is 404 Å². The Kier molecular flexibility index (Phi) is 13.0. The minimum atomic E-state index is -3.65. The first-order valence-electron chi connectivity index (χ1n) is 24.2. The first-order chi connectivity index (χ1) is 33.5. The highest BCUT2D eigenvalue weighted by atomic mass is 32.2. The van der Waals surface area contributed by atoms with Crippen molar-refractivity contribution in [2.45, 2.75) is 136 Å². The molecule has 4 aliphatic rings. The van der Waals surface area contributed by atoms with Crippen LogP contribution in [0.5, 0.6) is 0 Å². The number of fused-ring (bicyclic) bond motifs is 2. The van der Waals surface area contributed by atoms with E-state index in [1.165, 1.54) is 42.8 Å². The molecule has 4 fully saturated rings. The number of nitrogens with zero attached hydrogens (tertiary/aromatic N) is 14. The predicted octanol–water partition coefficient (Wildman–Crippen LogP) is 2.10. The van der Waals surface area contributed by atoms with Crippen molar-refractivity contribution in [3.8, 4) is 0 Å². The summed E-state index contributed by atoms with van der Waals surface area (Å²) in [5.41, 5.74) is 1.17. The van der Waals surface area contributed by atoms with Crippen LogP contribution in [0, 0.1) is 0 Å². The van der Waals surface area contributed by atoms with Crippen LogP contribution < -0.4 is 22.0 Å². The fourth-order valence-corrected chi connectivity index (χ4v) is 13.7. The van der Waals surface area contributed by atoms with Crippen LogP contribution in [0.3, 0.4) is 0 Å². The molecule has 0 bridgehead atoms. The molecule has 0 radical (unpaired) electrons. The Morgan fingerprint density at radius 3 is 1.76 bits per heavy atom. The number of anilines is 2. The second-order valence-corrected chi connectivity index (χ2v) is 23.6. The molecule has 2 saturated carbocycles. The summed E-state index contributed by atoms with van der Waals surface area (Å²) >= 11 is 0. The number of rotatable bonds is 16. The first kappa shape index (κ1) is 48.1. The van der Waals surface area contributed by atoms with Gasteiger partial charge in [-0.25, -0.2) is 36.4 Å². The van der Waals surface area contributed by atoms with Crippen molar-refractivity contribution < 1.29 is 26.7 Å². The Morgan fingerprint density at radius 1 is 0.714 bits per heavy atom. The zero-order chi connectivity index (χ0) is 49.1. The molecule has 0 aromatic carbocycles. The molecule has 3 N–H and O–H groups in total. The number of imidazole rings is 2. The molecule has 0 amide bonds. The van der Waals surface area contributed by atoms with E-state index in [0.717, 1.165) is 25.7 Å². The van der Waals surface area contributed by atoms with Crippen LogP contribution in [0.15, 0.2) is 56.6 Å². The van der Waals surface area contributed by atoms with E-state index in [9.17, 15) is 31.5 Å². The van der Waals surface area contributed by atoms with Crippen molar-refractivity contribution in [2.24, 2.45) is 21.1 Å². The molecule has 2 saturated heterocycles. The van der Waals surface area contributed by atoms with Crippen molar-refractivity contribution in [1.29, 1.82) is 0 Å². The number of hydrogen-bond donors (Lipinski definition) is 3. The molecule has 0 spiro atoms. The highest BCUT2D eigenvalue weighted by Gasteiger charge is 2.40. The summed E-state index contributed by atoms with van der Waals surface area (Å²) in [6.45, 7) is 3.58. The van der Waals surface area contributed by atoms with Gasteiger partial charge in [0.15, 0.2) is 11.3 Å². The lowest BCUT2D eigenvalue weighted by Gasteiger charge is -2.31. The van der Waals surface area contributed by atoms with Gasteiger partial charge in [0.1, 0.15) is 20.8 Å². The van der Waals surface area contributed by atoms with E-state index in [4.69, 9.17) is 14.7 Å². The fraction of sp³-hybridized carbons (Fsp3) is 0.636.